The van der Waals surface area contributed by atoms with Crippen molar-refractivity contribution in [2.24, 2.45) is 0 Å². The molecule has 1 rings (SSSR count). The Morgan fingerprint density at radius 1 is 1.30 bits per heavy atom. The lowest BCUT2D eigenvalue weighted by Gasteiger charge is -2.00. The molecule has 0 bridgehead atoms. The number of halogens is 1. The quantitative estimate of drug-likeness (QED) is 0.574. The Balaban J connectivity index is 2.59. The smallest absolute Gasteiger partial charge is 0.0376 e. The first-order chi connectivity index (χ1) is 4.79. The summed E-state index contributed by atoms with van der Waals surface area (Å²) in [7, 11) is 0. The summed E-state index contributed by atoms with van der Waals surface area (Å²) in [5.74, 6) is 0. The van der Waals surface area contributed by atoms with Crippen molar-refractivity contribution >= 4 is 11.6 Å². The van der Waals surface area contributed by atoms with E-state index in [9.17, 15) is 0 Å². The second kappa shape index (κ2) is 3.62. The minimum absolute atomic E-state index is 0.0117. The first kappa shape index (κ1) is 7.62. The van der Waals surface area contributed by atoms with Crippen LogP contribution >= 0.6 is 11.6 Å². The summed E-state index contributed by atoms with van der Waals surface area (Å²) in [5.41, 5.74) is 1.25. The summed E-state index contributed by atoms with van der Waals surface area (Å²) in [4.78, 5) is 0. The molecule has 1 aromatic carbocycles. The van der Waals surface area contributed by atoms with Crippen molar-refractivity contribution in [2.45, 2.75) is 11.8 Å². The molecule has 10 heavy (non-hydrogen) atoms. The van der Waals surface area contributed by atoms with Crippen molar-refractivity contribution < 1.29 is 0 Å². The predicted octanol–water partition coefficient (Wildman–Crippen LogP) is 2.67. The van der Waals surface area contributed by atoms with Crippen LogP contribution in [0.3, 0.4) is 0 Å². The van der Waals surface area contributed by atoms with E-state index in [0.717, 1.165) is 6.42 Å². The molecule has 0 fully saturated rings. The maximum absolute atomic E-state index is 5.70. The molecule has 0 aliphatic rings. The molecule has 0 nitrogen and oxygen atoms in total. The maximum atomic E-state index is 5.70. The van der Waals surface area contributed by atoms with E-state index in [0.29, 0.717) is 0 Å². The summed E-state index contributed by atoms with van der Waals surface area (Å²) < 4.78 is 0. The van der Waals surface area contributed by atoms with Crippen LogP contribution in [-0.4, -0.2) is 5.38 Å². The van der Waals surface area contributed by atoms with E-state index in [1.54, 1.807) is 0 Å². The zero-order chi connectivity index (χ0) is 7.40. The molecule has 53 valence electrons. The van der Waals surface area contributed by atoms with Crippen molar-refractivity contribution in [3.63, 3.8) is 0 Å². The monoisotopic (exact) mass is 153 g/mol. The largest absolute Gasteiger partial charge is 0.123 e. The van der Waals surface area contributed by atoms with E-state index in [1.807, 2.05) is 18.2 Å². The fourth-order valence-corrected chi connectivity index (χ4v) is 1.05. The number of benzene rings is 1. The van der Waals surface area contributed by atoms with Gasteiger partial charge in [-0.15, -0.1) is 11.6 Å². The van der Waals surface area contributed by atoms with Gasteiger partial charge in [-0.25, -0.2) is 0 Å². The lowest BCUT2D eigenvalue weighted by atomic mass is 10.1. The Morgan fingerprint density at radius 2 is 1.90 bits per heavy atom. The van der Waals surface area contributed by atoms with Gasteiger partial charge in [0, 0.05) is 5.38 Å². The summed E-state index contributed by atoms with van der Waals surface area (Å²) in [6, 6.07) is 10.1. The van der Waals surface area contributed by atoms with Gasteiger partial charge in [0.25, 0.3) is 0 Å². The third kappa shape index (κ3) is 2.40. The highest BCUT2D eigenvalue weighted by Crippen LogP contribution is 2.05. The molecule has 0 aliphatic carbocycles. The standard InChI is InChI=1S/C9H10Cl/c1-8(10)7-9-5-3-2-4-6-9/h2-6,8H,1,7H2. The van der Waals surface area contributed by atoms with E-state index in [-0.39, 0.29) is 5.38 Å². The predicted molar refractivity (Wildman–Crippen MR) is 45.1 cm³/mol. The molecule has 1 aromatic rings. The van der Waals surface area contributed by atoms with Crippen LogP contribution in [0, 0.1) is 6.92 Å². The summed E-state index contributed by atoms with van der Waals surface area (Å²) in [5, 5.41) is -0.0117. The minimum Gasteiger partial charge on any atom is -0.123 e. The molecule has 1 radical (unpaired) electrons. The van der Waals surface area contributed by atoms with Crippen molar-refractivity contribution in [2.75, 3.05) is 0 Å². The highest BCUT2D eigenvalue weighted by Gasteiger charge is 1.96. The van der Waals surface area contributed by atoms with Crippen LogP contribution in [0.5, 0.6) is 0 Å². The van der Waals surface area contributed by atoms with Gasteiger partial charge >= 0.3 is 0 Å². The molecule has 0 amide bonds. The van der Waals surface area contributed by atoms with Gasteiger partial charge in [0.05, 0.1) is 0 Å². The molecule has 0 saturated carbocycles. The SMILES string of the molecule is [CH2]C(Cl)Cc1ccccc1. The van der Waals surface area contributed by atoms with Crippen LogP contribution in [0.4, 0.5) is 0 Å². The van der Waals surface area contributed by atoms with E-state index in [2.05, 4.69) is 19.1 Å². The Kier molecular flexibility index (Phi) is 2.76. The first-order valence-corrected chi connectivity index (χ1v) is 3.74. The fourth-order valence-electron chi connectivity index (χ4n) is 0.870. The van der Waals surface area contributed by atoms with Gasteiger partial charge in [-0.1, -0.05) is 30.3 Å². The lowest BCUT2D eigenvalue weighted by molar-refractivity contribution is 1.01. The Hall–Kier alpha value is -0.490. The molecule has 0 aliphatic heterocycles. The summed E-state index contributed by atoms with van der Waals surface area (Å²) in [6.45, 7) is 3.70. The maximum Gasteiger partial charge on any atom is 0.0376 e. The molecule has 0 saturated heterocycles. The minimum atomic E-state index is -0.0117. The van der Waals surface area contributed by atoms with Gasteiger partial charge in [0.15, 0.2) is 0 Å². The van der Waals surface area contributed by atoms with E-state index < -0.39 is 0 Å². The molecular formula is C9H10Cl. The first-order valence-electron chi connectivity index (χ1n) is 3.30. The fraction of sp³-hybridized carbons (Fsp3) is 0.222. The van der Waals surface area contributed by atoms with Crippen LogP contribution < -0.4 is 0 Å². The number of hydrogen-bond donors (Lipinski definition) is 0. The molecule has 0 spiro atoms. The lowest BCUT2D eigenvalue weighted by Crippen LogP contribution is -1.96. The van der Waals surface area contributed by atoms with Crippen molar-refractivity contribution in [1.82, 2.24) is 0 Å². The number of rotatable bonds is 2. The van der Waals surface area contributed by atoms with Gasteiger partial charge in [-0.3, -0.25) is 0 Å². The van der Waals surface area contributed by atoms with Gasteiger partial charge in [-0.2, -0.15) is 0 Å². The van der Waals surface area contributed by atoms with Crippen LogP contribution in [0.15, 0.2) is 30.3 Å². The van der Waals surface area contributed by atoms with Gasteiger partial charge in [0.2, 0.25) is 0 Å². The Morgan fingerprint density at radius 3 is 2.40 bits per heavy atom. The third-order valence-electron chi connectivity index (χ3n) is 1.30. The zero-order valence-corrected chi connectivity index (χ0v) is 6.51. The van der Waals surface area contributed by atoms with Crippen LogP contribution in [0.25, 0.3) is 0 Å². The highest BCUT2D eigenvalue weighted by atomic mass is 35.5. The van der Waals surface area contributed by atoms with E-state index >= 15 is 0 Å². The Labute approximate surface area is 66.8 Å². The molecule has 1 atom stereocenters. The zero-order valence-electron chi connectivity index (χ0n) is 5.76. The average Bonchev–Trinajstić information content (AvgIpc) is 1.88. The van der Waals surface area contributed by atoms with Crippen molar-refractivity contribution in [3.8, 4) is 0 Å². The molecule has 0 N–H and O–H groups in total. The normalized spacial score (nSPS) is 13.0. The summed E-state index contributed by atoms with van der Waals surface area (Å²) >= 11 is 5.70. The molecule has 0 heterocycles. The van der Waals surface area contributed by atoms with Crippen molar-refractivity contribution in [3.05, 3.63) is 42.8 Å². The van der Waals surface area contributed by atoms with E-state index in [4.69, 9.17) is 11.6 Å². The van der Waals surface area contributed by atoms with Crippen LogP contribution in [-0.2, 0) is 6.42 Å². The average molecular weight is 154 g/mol. The molecule has 1 unspecified atom stereocenters. The molecule has 0 aromatic heterocycles. The Bertz CT molecular complexity index is 179. The topological polar surface area (TPSA) is 0 Å². The highest BCUT2D eigenvalue weighted by molar-refractivity contribution is 6.21. The van der Waals surface area contributed by atoms with Gasteiger partial charge in [-0.05, 0) is 18.9 Å². The van der Waals surface area contributed by atoms with Gasteiger partial charge in [0.1, 0.15) is 0 Å². The molecule has 1 heteroatoms. The van der Waals surface area contributed by atoms with E-state index in [1.165, 1.54) is 5.56 Å². The van der Waals surface area contributed by atoms with Gasteiger partial charge < -0.3 is 0 Å². The van der Waals surface area contributed by atoms with Crippen LogP contribution in [0.1, 0.15) is 5.56 Å². The second-order valence-electron chi connectivity index (χ2n) is 2.29. The number of hydrogen-bond acceptors (Lipinski definition) is 0. The van der Waals surface area contributed by atoms with Crippen molar-refractivity contribution in [1.29, 1.82) is 0 Å². The summed E-state index contributed by atoms with van der Waals surface area (Å²) in [6.07, 6.45) is 0.850. The third-order valence-corrected chi connectivity index (χ3v) is 1.45. The molecular weight excluding hydrogens is 144 g/mol. The van der Waals surface area contributed by atoms with Crippen LogP contribution in [0.2, 0.25) is 0 Å². The number of alkyl halides is 1. The second-order valence-corrected chi connectivity index (χ2v) is 2.90.